The van der Waals surface area contributed by atoms with Crippen LogP contribution in [0.15, 0.2) is 35.3 Å². The van der Waals surface area contributed by atoms with Crippen molar-refractivity contribution in [2.24, 2.45) is 10.9 Å². The lowest BCUT2D eigenvalue weighted by Gasteiger charge is -2.27. The maximum atomic E-state index is 14.1. The monoisotopic (exact) mass is 247 g/mol. The van der Waals surface area contributed by atoms with Crippen LogP contribution in [0.2, 0.25) is 0 Å². The van der Waals surface area contributed by atoms with Crippen LogP contribution in [0, 0.1) is 5.92 Å². The Morgan fingerprint density at radius 1 is 1.22 bits per heavy atom. The predicted molar refractivity (Wildman–Crippen MR) is 69.6 cm³/mol. The van der Waals surface area contributed by atoms with E-state index >= 15 is 0 Å². The van der Waals surface area contributed by atoms with E-state index in [9.17, 15) is 4.39 Å². The van der Waals surface area contributed by atoms with Crippen molar-refractivity contribution < 1.29 is 9.13 Å². The molecule has 1 aromatic rings. The van der Waals surface area contributed by atoms with E-state index in [1.54, 1.807) is 13.8 Å². The van der Waals surface area contributed by atoms with E-state index < -0.39 is 5.67 Å². The molecule has 0 saturated heterocycles. The summed E-state index contributed by atoms with van der Waals surface area (Å²) < 4.78 is 20.1. The van der Waals surface area contributed by atoms with Crippen molar-refractivity contribution in [3.05, 3.63) is 35.9 Å². The predicted octanol–water partition coefficient (Wildman–Crippen LogP) is 3.36. The Morgan fingerprint density at radius 2 is 1.94 bits per heavy atom. The lowest BCUT2D eigenvalue weighted by molar-refractivity contribution is 0.0436. The maximum Gasteiger partial charge on any atom is 0.216 e. The van der Waals surface area contributed by atoms with Gasteiger partial charge in [-0.3, -0.25) is 0 Å². The number of alkyl halides is 1. The van der Waals surface area contributed by atoms with Crippen molar-refractivity contribution in [2.45, 2.75) is 44.5 Å². The number of hydrogen-bond acceptors (Lipinski definition) is 2. The van der Waals surface area contributed by atoms with E-state index in [4.69, 9.17) is 4.74 Å². The average molecular weight is 247 g/mol. The third-order valence-corrected chi connectivity index (χ3v) is 3.98. The summed E-state index contributed by atoms with van der Waals surface area (Å²) >= 11 is 0. The van der Waals surface area contributed by atoms with Gasteiger partial charge in [0.15, 0.2) is 0 Å². The summed E-state index contributed by atoms with van der Waals surface area (Å²) in [5.41, 5.74) is -0.205. The highest BCUT2D eigenvalue weighted by molar-refractivity contribution is 5.95. The van der Waals surface area contributed by atoms with Crippen LogP contribution in [0.1, 0.15) is 32.3 Å². The highest BCUT2D eigenvalue weighted by Crippen LogP contribution is 2.42. The Morgan fingerprint density at radius 3 is 2.61 bits per heavy atom. The number of aliphatic imine (C=N–C) groups is 1. The first-order valence-electron chi connectivity index (χ1n) is 6.54. The average Bonchev–Trinajstić information content (AvgIpc) is 2.87. The third kappa shape index (κ3) is 1.92. The second kappa shape index (κ2) is 4.08. The first kappa shape index (κ1) is 11.7. The Hall–Kier alpha value is -1.38. The van der Waals surface area contributed by atoms with Gasteiger partial charge >= 0.3 is 0 Å². The molecule has 18 heavy (non-hydrogen) atoms. The van der Waals surface area contributed by atoms with Crippen LogP contribution in [-0.4, -0.2) is 23.7 Å². The van der Waals surface area contributed by atoms with Crippen molar-refractivity contribution in [1.82, 2.24) is 0 Å². The quantitative estimate of drug-likeness (QED) is 0.785. The van der Waals surface area contributed by atoms with Crippen LogP contribution >= 0.6 is 0 Å². The number of rotatable bonds is 2. The SMILES string of the molecule is CC(C)(F)[C@@H]1CC[C@H]2N=C(c3ccccc3)O[C@@H]12. The minimum absolute atomic E-state index is 0.0486. The zero-order valence-corrected chi connectivity index (χ0v) is 10.8. The van der Waals surface area contributed by atoms with Gasteiger partial charge in [-0.15, -0.1) is 0 Å². The molecule has 0 spiro atoms. The standard InChI is InChI=1S/C15H18FNO/c1-15(2,16)11-8-9-12-13(11)18-14(17-12)10-6-4-3-5-7-10/h3-7,11-13H,8-9H2,1-2H3/t11-,12-,13+/m1/s1. The molecule has 0 N–H and O–H groups in total. The topological polar surface area (TPSA) is 21.6 Å². The molecule has 1 fully saturated rings. The summed E-state index contributed by atoms with van der Waals surface area (Å²) in [4.78, 5) is 4.61. The highest BCUT2D eigenvalue weighted by atomic mass is 19.1. The van der Waals surface area contributed by atoms with E-state index in [2.05, 4.69) is 4.99 Å². The van der Waals surface area contributed by atoms with E-state index in [1.807, 2.05) is 30.3 Å². The van der Waals surface area contributed by atoms with Crippen LogP contribution < -0.4 is 0 Å². The number of fused-ring (bicyclic) bond motifs is 1. The minimum atomic E-state index is -1.19. The normalized spacial score (nSPS) is 30.8. The zero-order chi connectivity index (χ0) is 12.8. The molecule has 0 amide bonds. The molecule has 3 heteroatoms. The van der Waals surface area contributed by atoms with Crippen molar-refractivity contribution in [1.29, 1.82) is 0 Å². The number of hydrogen-bond donors (Lipinski definition) is 0. The fourth-order valence-electron chi connectivity index (χ4n) is 3.01. The summed E-state index contributed by atoms with van der Waals surface area (Å²) in [6, 6.07) is 10.00. The van der Waals surface area contributed by atoms with E-state index in [0.29, 0.717) is 5.90 Å². The van der Waals surface area contributed by atoms with Gasteiger partial charge in [-0.2, -0.15) is 0 Å². The van der Waals surface area contributed by atoms with Gasteiger partial charge in [0.2, 0.25) is 5.90 Å². The summed E-state index contributed by atoms with van der Waals surface area (Å²) in [6.45, 7) is 3.29. The van der Waals surface area contributed by atoms with Crippen LogP contribution in [-0.2, 0) is 4.74 Å². The molecule has 1 aliphatic heterocycles. The number of benzene rings is 1. The van der Waals surface area contributed by atoms with Gasteiger partial charge in [-0.25, -0.2) is 9.38 Å². The Balaban J connectivity index is 1.82. The first-order chi connectivity index (χ1) is 8.55. The zero-order valence-electron chi connectivity index (χ0n) is 10.8. The van der Waals surface area contributed by atoms with Crippen LogP contribution in [0.3, 0.4) is 0 Å². The van der Waals surface area contributed by atoms with Crippen molar-refractivity contribution >= 4 is 5.90 Å². The minimum Gasteiger partial charge on any atom is -0.471 e. The molecule has 0 aromatic heterocycles. The van der Waals surface area contributed by atoms with Gasteiger partial charge in [-0.1, -0.05) is 18.2 Å². The number of nitrogens with zero attached hydrogens (tertiary/aromatic N) is 1. The van der Waals surface area contributed by atoms with Gasteiger partial charge in [0, 0.05) is 11.5 Å². The van der Waals surface area contributed by atoms with Crippen LogP contribution in [0.5, 0.6) is 0 Å². The second-order valence-electron chi connectivity index (χ2n) is 5.70. The molecule has 1 heterocycles. The molecule has 2 nitrogen and oxygen atoms in total. The summed E-state index contributed by atoms with van der Waals surface area (Å²) in [5, 5.41) is 0. The molecule has 0 unspecified atom stereocenters. The van der Waals surface area contributed by atoms with Crippen molar-refractivity contribution in [3.8, 4) is 0 Å². The Bertz CT molecular complexity index is 463. The largest absolute Gasteiger partial charge is 0.471 e. The van der Waals surface area contributed by atoms with Gasteiger partial charge in [0.1, 0.15) is 11.8 Å². The third-order valence-electron chi connectivity index (χ3n) is 3.98. The van der Waals surface area contributed by atoms with Gasteiger partial charge in [0.25, 0.3) is 0 Å². The fourth-order valence-corrected chi connectivity index (χ4v) is 3.01. The highest BCUT2D eigenvalue weighted by Gasteiger charge is 2.49. The maximum absolute atomic E-state index is 14.1. The lowest BCUT2D eigenvalue weighted by Crippen LogP contribution is -2.36. The summed E-state index contributed by atoms with van der Waals surface area (Å²) in [6.07, 6.45) is 1.71. The molecule has 3 atom stereocenters. The fraction of sp³-hybridized carbons (Fsp3) is 0.533. The lowest BCUT2D eigenvalue weighted by atomic mass is 9.89. The molecule has 2 aliphatic rings. The molecule has 0 radical (unpaired) electrons. The van der Waals surface area contributed by atoms with E-state index in [-0.39, 0.29) is 18.1 Å². The second-order valence-corrected chi connectivity index (χ2v) is 5.70. The smallest absolute Gasteiger partial charge is 0.216 e. The number of ether oxygens (including phenoxy) is 1. The van der Waals surface area contributed by atoms with Gasteiger partial charge in [0.05, 0.1) is 6.04 Å². The molecule has 1 aliphatic carbocycles. The van der Waals surface area contributed by atoms with E-state index in [0.717, 1.165) is 18.4 Å². The Kier molecular flexibility index (Phi) is 2.65. The molecule has 3 rings (SSSR count). The summed E-state index contributed by atoms with van der Waals surface area (Å²) in [7, 11) is 0. The summed E-state index contributed by atoms with van der Waals surface area (Å²) in [5.74, 6) is 0.631. The molecule has 96 valence electrons. The van der Waals surface area contributed by atoms with Gasteiger partial charge < -0.3 is 4.74 Å². The van der Waals surface area contributed by atoms with Crippen molar-refractivity contribution in [3.63, 3.8) is 0 Å². The molecular weight excluding hydrogens is 229 g/mol. The van der Waals surface area contributed by atoms with Crippen LogP contribution in [0.25, 0.3) is 0 Å². The molecular formula is C15H18FNO. The molecule has 0 bridgehead atoms. The van der Waals surface area contributed by atoms with Crippen LogP contribution in [0.4, 0.5) is 4.39 Å². The van der Waals surface area contributed by atoms with Crippen molar-refractivity contribution in [2.75, 3.05) is 0 Å². The van der Waals surface area contributed by atoms with Gasteiger partial charge in [-0.05, 0) is 38.8 Å². The molecule has 1 saturated carbocycles. The molecule has 1 aromatic carbocycles. The Labute approximate surface area is 107 Å². The van der Waals surface area contributed by atoms with E-state index in [1.165, 1.54) is 0 Å². The number of halogens is 1. The first-order valence-corrected chi connectivity index (χ1v) is 6.54.